The summed E-state index contributed by atoms with van der Waals surface area (Å²) in [7, 11) is 0. The summed E-state index contributed by atoms with van der Waals surface area (Å²) in [6, 6.07) is 0. The minimum absolute atomic E-state index is 0.559. The van der Waals surface area contributed by atoms with Crippen molar-refractivity contribution in [2.45, 2.75) is 54.4 Å². The Balaban J connectivity index is 2.91. The Morgan fingerprint density at radius 3 is 1.09 bits per heavy atom. The Morgan fingerprint density at radius 2 is 1.00 bits per heavy atom. The van der Waals surface area contributed by atoms with Crippen LogP contribution in [0.3, 0.4) is 0 Å². The summed E-state index contributed by atoms with van der Waals surface area (Å²) in [5.41, 5.74) is 1.74. The van der Waals surface area contributed by atoms with Crippen molar-refractivity contribution in [2.75, 3.05) is 0 Å². The van der Waals surface area contributed by atoms with Crippen LogP contribution >= 0.6 is 0 Å². The maximum absolute atomic E-state index is 2.44. The molecule has 11 heavy (non-hydrogen) atoms. The molecule has 0 amide bonds. The van der Waals surface area contributed by atoms with Gasteiger partial charge in [0.1, 0.15) is 0 Å². The molecule has 1 aliphatic carbocycles. The highest BCUT2D eigenvalue weighted by atomic mass is 14.8. The van der Waals surface area contributed by atoms with Crippen molar-refractivity contribution >= 4 is 0 Å². The Kier molecular flexibility index (Phi) is 1.67. The van der Waals surface area contributed by atoms with Gasteiger partial charge in [0, 0.05) is 0 Å². The maximum atomic E-state index is 2.44. The van der Waals surface area contributed by atoms with E-state index in [1.54, 1.807) is 0 Å². The average Bonchev–Trinajstić information content (AvgIpc) is 2.32. The fourth-order valence-electron chi connectivity index (χ4n) is 3.22. The Labute approximate surface area is 71.4 Å². The zero-order valence-electron chi connectivity index (χ0n) is 8.91. The van der Waals surface area contributed by atoms with Crippen LogP contribution in [0.15, 0.2) is 0 Å². The van der Waals surface area contributed by atoms with Crippen LogP contribution in [0, 0.1) is 16.2 Å². The van der Waals surface area contributed by atoms with Crippen molar-refractivity contribution in [3.63, 3.8) is 0 Å². The molecule has 1 rings (SSSR count). The van der Waals surface area contributed by atoms with Gasteiger partial charge < -0.3 is 0 Å². The number of rotatable bonds is 2. The molecular weight excluding hydrogens is 132 g/mol. The van der Waals surface area contributed by atoms with Crippen LogP contribution in [0.4, 0.5) is 0 Å². The van der Waals surface area contributed by atoms with Crippen molar-refractivity contribution in [2.24, 2.45) is 16.2 Å². The number of hydrogen-bond acceptors (Lipinski definition) is 0. The molecule has 0 aromatic heterocycles. The van der Waals surface area contributed by atoms with Gasteiger partial charge in [0.15, 0.2) is 0 Å². The predicted molar refractivity (Wildman–Crippen MR) is 50.6 cm³/mol. The summed E-state index contributed by atoms with van der Waals surface area (Å²) >= 11 is 0. The minimum Gasteiger partial charge on any atom is -0.0648 e. The summed E-state index contributed by atoms with van der Waals surface area (Å²) in [5.74, 6) is 0. The van der Waals surface area contributed by atoms with Gasteiger partial charge in [0.2, 0.25) is 0 Å². The molecule has 0 aliphatic heterocycles. The molecule has 0 nitrogen and oxygen atoms in total. The van der Waals surface area contributed by atoms with Crippen LogP contribution in [0.1, 0.15) is 54.4 Å². The first-order valence-corrected chi connectivity index (χ1v) is 4.87. The van der Waals surface area contributed by atoms with Crippen molar-refractivity contribution in [1.29, 1.82) is 0 Å². The second-order valence-corrected chi connectivity index (χ2v) is 5.00. The lowest BCUT2D eigenvalue weighted by atomic mass is 9.92. The predicted octanol–water partition coefficient (Wildman–Crippen LogP) is 3.86. The highest BCUT2D eigenvalue weighted by Crippen LogP contribution is 2.80. The first-order chi connectivity index (χ1) is 4.87. The van der Waals surface area contributed by atoms with Gasteiger partial charge in [-0.1, -0.05) is 41.5 Å². The van der Waals surface area contributed by atoms with Crippen molar-refractivity contribution in [3.8, 4) is 0 Å². The summed E-state index contributed by atoms with van der Waals surface area (Å²) < 4.78 is 0. The molecule has 0 N–H and O–H groups in total. The first-order valence-electron chi connectivity index (χ1n) is 4.87. The molecule has 0 aromatic rings. The van der Waals surface area contributed by atoms with Crippen molar-refractivity contribution in [1.82, 2.24) is 0 Å². The van der Waals surface area contributed by atoms with Crippen LogP contribution in [-0.4, -0.2) is 0 Å². The van der Waals surface area contributed by atoms with Crippen molar-refractivity contribution in [3.05, 3.63) is 0 Å². The summed E-state index contributed by atoms with van der Waals surface area (Å²) in [5, 5.41) is 0. The third-order valence-corrected chi connectivity index (χ3v) is 5.33. The van der Waals surface area contributed by atoms with E-state index in [-0.39, 0.29) is 0 Å². The summed E-state index contributed by atoms with van der Waals surface area (Å²) in [6.07, 6.45) is 2.65. The fraction of sp³-hybridized carbons (Fsp3) is 1.00. The van der Waals surface area contributed by atoms with E-state index < -0.39 is 0 Å². The largest absolute Gasteiger partial charge is 0.0648 e. The van der Waals surface area contributed by atoms with Gasteiger partial charge in [-0.2, -0.15) is 0 Å². The Morgan fingerprint density at radius 1 is 0.727 bits per heavy atom. The minimum atomic E-state index is 0.559. The zero-order chi connectivity index (χ0) is 8.91. The van der Waals surface area contributed by atoms with E-state index in [1.165, 1.54) is 12.8 Å². The smallest absolute Gasteiger partial charge is 0.0213 e. The molecule has 0 aromatic carbocycles. The van der Waals surface area contributed by atoms with Gasteiger partial charge in [-0.15, -0.1) is 0 Å². The van der Waals surface area contributed by atoms with E-state index in [9.17, 15) is 0 Å². The second kappa shape index (κ2) is 2.02. The van der Waals surface area contributed by atoms with Gasteiger partial charge in [0.25, 0.3) is 0 Å². The SMILES string of the molecule is CCC1(C)C(C)(C)C1(C)CC. The lowest BCUT2D eigenvalue weighted by molar-refractivity contribution is 0.367. The van der Waals surface area contributed by atoms with E-state index in [2.05, 4.69) is 41.5 Å². The van der Waals surface area contributed by atoms with Gasteiger partial charge >= 0.3 is 0 Å². The highest BCUT2D eigenvalue weighted by molar-refractivity contribution is 5.22. The normalized spacial score (nSPS) is 47.5. The molecule has 0 spiro atoms. The van der Waals surface area contributed by atoms with Crippen molar-refractivity contribution < 1.29 is 0 Å². The Hall–Kier alpha value is 0. The standard InChI is InChI=1S/C11H22/c1-7-10(5)9(3,4)11(10,6)8-2/h7-8H2,1-6H3. The molecule has 0 radical (unpaired) electrons. The molecule has 0 saturated heterocycles. The lowest BCUT2D eigenvalue weighted by Crippen LogP contribution is -2.04. The molecule has 1 aliphatic rings. The van der Waals surface area contributed by atoms with E-state index in [0.717, 1.165) is 0 Å². The second-order valence-electron chi connectivity index (χ2n) is 5.00. The Bertz CT molecular complexity index is 151. The topological polar surface area (TPSA) is 0 Å². The number of hydrogen-bond donors (Lipinski definition) is 0. The molecular formula is C11H22. The van der Waals surface area contributed by atoms with Crippen LogP contribution < -0.4 is 0 Å². The summed E-state index contributed by atoms with van der Waals surface area (Å²) in [6.45, 7) is 14.4. The quantitative estimate of drug-likeness (QED) is 0.566. The lowest BCUT2D eigenvalue weighted by Gasteiger charge is -2.13. The van der Waals surface area contributed by atoms with E-state index in [0.29, 0.717) is 16.2 Å². The van der Waals surface area contributed by atoms with Crippen LogP contribution in [0.2, 0.25) is 0 Å². The molecule has 0 heteroatoms. The molecule has 2 atom stereocenters. The third kappa shape index (κ3) is 0.666. The fourth-order valence-corrected chi connectivity index (χ4v) is 3.22. The van der Waals surface area contributed by atoms with Gasteiger partial charge in [-0.3, -0.25) is 0 Å². The van der Waals surface area contributed by atoms with Gasteiger partial charge in [-0.05, 0) is 29.1 Å². The molecule has 1 saturated carbocycles. The molecule has 2 unspecified atom stereocenters. The van der Waals surface area contributed by atoms with E-state index in [1.807, 2.05) is 0 Å². The monoisotopic (exact) mass is 154 g/mol. The van der Waals surface area contributed by atoms with Gasteiger partial charge in [0.05, 0.1) is 0 Å². The zero-order valence-corrected chi connectivity index (χ0v) is 8.91. The summed E-state index contributed by atoms with van der Waals surface area (Å²) in [4.78, 5) is 0. The first kappa shape index (κ1) is 9.09. The van der Waals surface area contributed by atoms with E-state index >= 15 is 0 Å². The van der Waals surface area contributed by atoms with Crippen LogP contribution in [0.25, 0.3) is 0 Å². The molecule has 66 valence electrons. The van der Waals surface area contributed by atoms with Gasteiger partial charge in [-0.25, -0.2) is 0 Å². The third-order valence-electron chi connectivity index (χ3n) is 5.33. The average molecular weight is 154 g/mol. The highest BCUT2D eigenvalue weighted by Gasteiger charge is 2.74. The molecule has 0 bridgehead atoms. The maximum Gasteiger partial charge on any atom is -0.0213 e. The van der Waals surface area contributed by atoms with Crippen LogP contribution in [0.5, 0.6) is 0 Å². The van der Waals surface area contributed by atoms with E-state index in [4.69, 9.17) is 0 Å². The van der Waals surface area contributed by atoms with Crippen LogP contribution in [-0.2, 0) is 0 Å². The molecule has 1 fully saturated rings. The molecule has 0 heterocycles.